The van der Waals surface area contributed by atoms with E-state index in [2.05, 4.69) is 0 Å². The van der Waals surface area contributed by atoms with Crippen molar-refractivity contribution in [3.8, 4) is 0 Å². The minimum absolute atomic E-state index is 0.0764. The van der Waals surface area contributed by atoms with E-state index in [1.807, 2.05) is 30.3 Å². The van der Waals surface area contributed by atoms with Crippen molar-refractivity contribution in [1.29, 1.82) is 0 Å². The lowest BCUT2D eigenvalue weighted by Gasteiger charge is -2.40. The van der Waals surface area contributed by atoms with Crippen molar-refractivity contribution in [3.63, 3.8) is 0 Å². The monoisotopic (exact) mass is 454 g/mol. The van der Waals surface area contributed by atoms with Gasteiger partial charge >= 0.3 is 5.97 Å². The Labute approximate surface area is 190 Å². The van der Waals surface area contributed by atoms with Gasteiger partial charge in [0, 0.05) is 12.0 Å². The SMILES string of the molecule is CC(C)(C)C(OCCOCCOCCOCCN)(C(=O)O)C(=O)[C@@H](N)Cc1ccccc1. The van der Waals surface area contributed by atoms with Gasteiger partial charge < -0.3 is 35.5 Å². The summed E-state index contributed by atoms with van der Waals surface area (Å²) in [6.07, 6.45) is 0.219. The summed E-state index contributed by atoms with van der Waals surface area (Å²) in [5.74, 6) is -2.03. The highest BCUT2D eigenvalue weighted by Crippen LogP contribution is 2.36. The first-order chi connectivity index (χ1) is 15.2. The lowest BCUT2D eigenvalue weighted by molar-refractivity contribution is -0.191. The molecule has 2 atom stereocenters. The molecule has 0 heterocycles. The minimum atomic E-state index is -2.10. The Morgan fingerprint density at radius 1 is 0.906 bits per heavy atom. The maximum Gasteiger partial charge on any atom is 0.344 e. The number of nitrogens with two attached hydrogens (primary N) is 2. The fourth-order valence-electron chi connectivity index (χ4n) is 3.25. The zero-order valence-electron chi connectivity index (χ0n) is 19.4. The van der Waals surface area contributed by atoms with Crippen LogP contribution in [0.15, 0.2) is 30.3 Å². The smallest absolute Gasteiger partial charge is 0.344 e. The van der Waals surface area contributed by atoms with Gasteiger partial charge in [-0.1, -0.05) is 51.1 Å². The fraction of sp³-hybridized carbons (Fsp3) is 0.652. The van der Waals surface area contributed by atoms with E-state index in [0.29, 0.717) is 39.6 Å². The quantitative estimate of drug-likeness (QED) is 0.232. The molecule has 0 aromatic heterocycles. The lowest BCUT2D eigenvalue weighted by atomic mass is 9.71. The molecule has 0 bridgehead atoms. The first-order valence-corrected chi connectivity index (χ1v) is 10.8. The second-order valence-electron chi connectivity index (χ2n) is 8.37. The summed E-state index contributed by atoms with van der Waals surface area (Å²) < 4.78 is 21.7. The van der Waals surface area contributed by atoms with Crippen molar-refractivity contribution in [1.82, 2.24) is 0 Å². The van der Waals surface area contributed by atoms with E-state index in [1.54, 1.807) is 20.8 Å². The van der Waals surface area contributed by atoms with Crippen molar-refractivity contribution in [3.05, 3.63) is 35.9 Å². The Hall–Kier alpha value is -1.88. The Morgan fingerprint density at radius 3 is 1.88 bits per heavy atom. The predicted molar refractivity (Wildman–Crippen MR) is 120 cm³/mol. The van der Waals surface area contributed by atoms with Gasteiger partial charge in [-0.25, -0.2) is 4.79 Å². The Bertz CT molecular complexity index is 679. The second-order valence-corrected chi connectivity index (χ2v) is 8.37. The van der Waals surface area contributed by atoms with Crippen LogP contribution < -0.4 is 11.5 Å². The van der Waals surface area contributed by atoms with Gasteiger partial charge in [-0.3, -0.25) is 4.79 Å². The molecule has 0 saturated carbocycles. The number of carbonyl (C=O) groups is 2. The van der Waals surface area contributed by atoms with E-state index >= 15 is 0 Å². The van der Waals surface area contributed by atoms with Gasteiger partial charge in [0.15, 0.2) is 5.78 Å². The van der Waals surface area contributed by atoms with Crippen molar-refractivity contribution >= 4 is 11.8 Å². The number of hydrogen-bond donors (Lipinski definition) is 3. The molecule has 32 heavy (non-hydrogen) atoms. The van der Waals surface area contributed by atoms with E-state index in [4.69, 9.17) is 30.4 Å². The van der Waals surface area contributed by atoms with Gasteiger partial charge in [-0.2, -0.15) is 0 Å². The number of ketones is 1. The highest BCUT2D eigenvalue weighted by Gasteiger charge is 2.57. The highest BCUT2D eigenvalue weighted by molar-refractivity contribution is 6.10. The van der Waals surface area contributed by atoms with Crippen molar-refractivity contribution < 1.29 is 33.6 Å². The Balaban J connectivity index is 2.61. The van der Waals surface area contributed by atoms with Crippen LogP contribution in [-0.4, -0.2) is 81.3 Å². The van der Waals surface area contributed by atoms with Gasteiger partial charge in [0.2, 0.25) is 5.60 Å². The number of aliphatic carboxylic acids is 1. The van der Waals surface area contributed by atoms with Gasteiger partial charge in [0.25, 0.3) is 0 Å². The van der Waals surface area contributed by atoms with Crippen LogP contribution in [0.3, 0.4) is 0 Å². The van der Waals surface area contributed by atoms with Gasteiger partial charge in [0.1, 0.15) is 0 Å². The van der Waals surface area contributed by atoms with E-state index < -0.39 is 28.8 Å². The second kappa shape index (κ2) is 14.3. The van der Waals surface area contributed by atoms with E-state index in [-0.39, 0.29) is 19.6 Å². The normalized spacial score (nSPS) is 14.7. The number of hydrogen-bond acceptors (Lipinski definition) is 8. The first-order valence-electron chi connectivity index (χ1n) is 10.8. The van der Waals surface area contributed by atoms with Gasteiger partial charge in [-0.05, 0) is 12.0 Å². The molecule has 0 radical (unpaired) electrons. The molecule has 0 amide bonds. The molecule has 0 aliphatic heterocycles. The molecule has 1 rings (SSSR count). The number of Topliss-reactive ketones (excluding diaryl/α,β-unsaturated/α-hetero) is 1. The number of benzene rings is 1. The topological polar surface area (TPSA) is 143 Å². The van der Waals surface area contributed by atoms with E-state index in [1.165, 1.54) is 0 Å². The maximum atomic E-state index is 13.3. The number of carbonyl (C=O) groups excluding carboxylic acids is 1. The molecule has 182 valence electrons. The number of carboxylic acid groups (broad SMARTS) is 1. The zero-order chi connectivity index (χ0) is 24.0. The average molecular weight is 455 g/mol. The molecule has 1 aromatic rings. The molecule has 0 aliphatic carbocycles. The fourth-order valence-corrected chi connectivity index (χ4v) is 3.25. The summed E-state index contributed by atoms with van der Waals surface area (Å²) in [7, 11) is 0. The van der Waals surface area contributed by atoms with Crippen molar-refractivity contribution in [2.24, 2.45) is 16.9 Å². The molecule has 9 nitrogen and oxygen atoms in total. The molecular weight excluding hydrogens is 416 g/mol. The Kier molecular flexibility index (Phi) is 12.6. The van der Waals surface area contributed by atoms with Crippen LogP contribution in [-0.2, 0) is 35.0 Å². The van der Waals surface area contributed by atoms with E-state index in [9.17, 15) is 14.7 Å². The number of rotatable bonds is 17. The molecule has 0 saturated heterocycles. The van der Waals surface area contributed by atoms with Crippen LogP contribution in [0.25, 0.3) is 0 Å². The predicted octanol–water partition coefficient (Wildman–Crippen LogP) is 1.02. The van der Waals surface area contributed by atoms with Gasteiger partial charge in [0.05, 0.1) is 52.3 Å². The summed E-state index contributed by atoms with van der Waals surface area (Å²) in [6, 6.07) is 8.19. The molecule has 1 unspecified atom stereocenters. The zero-order valence-corrected chi connectivity index (χ0v) is 19.4. The summed E-state index contributed by atoms with van der Waals surface area (Å²) in [5.41, 5.74) is 9.18. The maximum absolute atomic E-state index is 13.3. The van der Waals surface area contributed by atoms with Crippen LogP contribution in [0.5, 0.6) is 0 Å². The van der Waals surface area contributed by atoms with Crippen LogP contribution in [0.2, 0.25) is 0 Å². The van der Waals surface area contributed by atoms with Crippen molar-refractivity contribution in [2.45, 2.75) is 38.8 Å². The molecule has 0 spiro atoms. The summed E-state index contributed by atoms with van der Waals surface area (Å²) in [5, 5.41) is 10.0. The van der Waals surface area contributed by atoms with Crippen LogP contribution in [0, 0.1) is 5.41 Å². The van der Waals surface area contributed by atoms with Crippen LogP contribution >= 0.6 is 0 Å². The van der Waals surface area contributed by atoms with Crippen LogP contribution in [0.4, 0.5) is 0 Å². The molecule has 9 heteroatoms. The number of carboxylic acids is 1. The minimum Gasteiger partial charge on any atom is -0.479 e. The molecule has 1 aromatic carbocycles. The van der Waals surface area contributed by atoms with Crippen molar-refractivity contribution in [2.75, 3.05) is 52.8 Å². The largest absolute Gasteiger partial charge is 0.479 e. The third kappa shape index (κ3) is 8.57. The summed E-state index contributed by atoms with van der Waals surface area (Å²) in [6.45, 7) is 7.48. The Morgan fingerprint density at radius 2 is 1.41 bits per heavy atom. The van der Waals surface area contributed by atoms with E-state index in [0.717, 1.165) is 5.56 Å². The summed E-state index contributed by atoms with van der Waals surface area (Å²) in [4.78, 5) is 25.6. The lowest BCUT2D eigenvalue weighted by Crippen LogP contribution is -2.63. The third-order valence-electron chi connectivity index (χ3n) is 4.89. The summed E-state index contributed by atoms with van der Waals surface area (Å²) >= 11 is 0. The molecular formula is C23H38N2O7. The number of ether oxygens (including phenoxy) is 4. The molecule has 0 aliphatic rings. The van der Waals surface area contributed by atoms with Crippen LogP contribution in [0.1, 0.15) is 26.3 Å². The average Bonchev–Trinajstić information content (AvgIpc) is 2.73. The highest BCUT2D eigenvalue weighted by atomic mass is 16.6. The third-order valence-corrected chi connectivity index (χ3v) is 4.89. The standard InChI is InChI=1S/C23H38N2O7/c1-22(2,3)23(21(27)28,20(26)19(25)17-18-7-5-4-6-8-18)32-16-15-31-14-13-30-12-11-29-10-9-24/h4-8,19H,9-17,24-25H2,1-3H3,(H,27,28)/t19-,23?/m0/s1. The molecule has 5 N–H and O–H groups in total. The first kappa shape index (κ1) is 28.2. The molecule has 0 fully saturated rings. The van der Waals surface area contributed by atoms with Gasteiger partial charge in [-0.15, -0.1) is 0 Å².